The maximum atomic E-state index is 13.9. The molecule has 10 atom stereocenters. The Bertz CT molecular complexity index is 1640. The number of aromatic hydroxyl groups is 2. The molecule has 8 rings (SSSR count). The largest absolute Gasteiger partial charge is 0.506 e. The lowest BCUT2D eigenvalue weighted by Crippen LogP contribution is -2.76. The molecule has 2 aromatic carbocycles. The van der Waals surface area contributed by atoms with E-state index in [0.29, 0.717) is 0 Å². The number of benzene rings is 2. The minimum absolute atomic E-state index is 0.0607. The van der Waals surface area contributed by atoms with Gasteiger partial charge in [0.25, 0.3) is 11.2 Å². The van der Waals surface area contributed by atoms with E-state index in [1.165, 1.54) is 24.3 Å². The first-order chi connectivity index (χ1) is 20.7. The Balaban J connectivity index is 1.27. The second-order valence-electron chi connectivity index (χ2n) is 12.6. The van der Waals surface area contributed by atoms with E-state index in [9.17, 15) is 49.8 Å². The Labute approximate surface area is 247 Å². The van der Waals surface area contributed by atoms with Gasteiger partial charge in [0.15, 0.2) is 0 Å². The molecule has 2 aliphatic carbocycles. The molecule has 4 heterocycles. The minimum Gasteiger partial charge on any atom is -0.506 e. The molecule has 230 valence electrons. The van der Waals surface area contributed by atoms with Crippen LogP contribution in [0.4, 0.5) is 0 Å². The van der Waals surface area contributed by atoms with E-state index in [1.807, 2.05) is 0 Å². The van der Waals surface area contributed by atoms with Crippen LogP contribution in [0.25, 0.3) is 11.1 Å². The standard InChI is InChI=1S/C30H26O14/c1-9-7-15-27(39)23(35)17-13(43-29(27,21(9)33)25(37)41-15)5-3-11(19(17)31)12-4-6-14-18(20(12)32)24(36)28(40)16-8-10(2)22(34)30(28,44-14)26(38)42-16/h3-6,9-10,15-16,21-22,31-34,39-40H,7-8H2,1-2H3/t9-,10-,15-,16-,21-,22+,27-,28-,29+,30+/m0/s1. The van der Waals surface area contributed by atoms with Gasteiger partial charge >= 0.3 is 11.9 Å². The van der Waals surface area contributed by atoms with Crippen LogP contribution in [0.3, 0.4) is 0 Å². The number of esters is 2. The molecular formula is C30H26O14. The second kappa shape index (κ2) is 7.88. The fraction of sp³-hybridized carbons (Fsp3) is 0.467. The first-order valence-electron chi connectivity index (χ1n) is 14.1. The van der Waals surface area contributed by atoms with E-state index >= 15 is 0 Å². The van der Waals surface area contributed by atoms with Crippen LogP contribution in [0.1, 0.15) is 47.4 Å². The number of rotatable bonds is 1. The van der Waals surface area contributed by atoms with Crippen molar-refractivity contribution in [2.24, 2.45) is 11.8 Å². The number of fused-ring (bicyclic) bond motifs is 2. The summed E-state index contributed by atoms with van der Waals surface area (Å²) in [5.41, 5.74) is -11.8. The highest BCUT2D eigenvalue weighted by molar-refractivity contribution is 6.17. The molecular weight excluding hydrogens is 584 g/mol. The van der Waals surface area contributed by atoms with E-state index in [0.717, 1.165) is 0 Å². The summed E-state index contributed by atoms with van der Waals surface area (Å²) in [6, 6.07) is 4.81. The van der Waals surface area contributed by atoms with Crippen molar-refractivity contribution in [2.45, 2.75) is 73.5 Å². The third-order valence-electron chi connectivity index (χ3n) is 10.5. The van der Waals surface area contributed by atoms with Gasteiger partial charge in [0, 0.05) is 11.1 Å². The monoisotopic (exact) mass is 610 g/mol. The quantitative estimate of drug-likeness (QED) is 0.224. The number of ether oxygens (including phenoxy) is 4. The van der Waals surface area contributed by atoms with Gasteiger partial charge in [-0.05, 0) is 48.9 Å². The van der Waals surface area contributed by atoms with Crippen LogP contribution in [0.2, 0.25) is 0 Å². The molecule has 0 aromatic heterocycles. The van der Waals surface area contributed by atoms with Crippen molar-refractivity contribution in [3.8, 4) is 34.1 Å². The topological polar surface area (TPSA) is 227 Å². The SMILES string of the molecule is C[C@H]1C[C@@H]2OC(=O)[C@]3(Oc4ccc(-c5ccc6c(c5O)C(=O)[C@@]5(O)[C@@H]7C[C@H](C)[C@H](O)[C@@]5(O6)C(=O)O7)c(O)c4C(=O)[C@@]23O)[C@@H]1O. The van der Waals surface area contributed by atoms with Gasteiger partial charge in [-0.25, -0.2) is 9.59 Å². The van der Waals surface area contributed by atoms with Crippen LogP contribution in [0, 0.1) is 11.8 Å². The summed E-state index contributed by atoms with van der Waals surface area (Å²) < 4.78 is 22.2. The number of phenols is 2. The molecule has 0 unspecified atom stereocenters. The molecule has 14 nitrogen and oxygen atoms in total. The van der Waals surface area contributed by atoms with E-state index in [1.54, 1.807) is 13.8 Å². The number of hydrogen-bond donors (Lipinski definition) is 6. The third kappa shape index (κ3) is 2.54. The summed E-state index contributed by atoms with van der Waals surface area (Å²) in [5, 5.41) is 68.0. The summed E-state index contributed by atoms with van der Waals surface area (Å²) >= 11 is 0. The van der Waals surface area contributed by atoms with Crippen molar-refractivity contribution in [1.82, 2.24) is 0 Å². The summed E-state index contributed by atoms with van der Waals surface area (Å²) in [5.74, 6) is -7.95. The number of aliphatic hydroxyl groups excluding tert-OH is 2. The summed E-state index contributed by atoms with van der Waals surface area (Å²) in [7, 11) is 0. The van der Waals surface area contributed by atoms with Crippen LogP contribution in [-0.2, 0) is 19.1 Å². The second-order valence-corrected chi connectivity index (χ2v) is 12.6. The van der Waals surface area contributed by atoms with Crippen LogP contribution in [0.5, 0.6) is 23.0 Å². The zero-order valence-corrected chi connectivity index (χ0v) is 23.1. The molecule has 0 amide bonds. The van der Waals surface area contributed by atoms with Gasteiger partial charge in [0.1, 0.15) is 58.5 Å². The lowest BCUT2D eigenvalue weighted by Gasteiger charge is -2.50. The highest BCUT2D eigenvalue weighted by Gasteiger charge is 2.83. The van der Waals surface area contributed by atoms with E-state index in [-0.39, 0.29) is 35.5 Å². The number of ketones is 2. The predicted octanol–water partition coefficient (Wildman–Crippen LogP) is -0.493. The Morgan fingerprint density at radius 1 is 0.659 bits per heavy atom. The zero-order chi connectivity index (χ0) is 31.5. The summed E-state index contributed by atoms with van der Waals surface area (Å²) in [6.45, 7) is 3.21. The van der Waals surface area contributed by atoms with Crippen LogP contribution >= 0.6 is 0 Å². The van der Waals surface area contributed by atoms with Crippen molar-refractivity contribution in [3.05, 3.63) is 35.4 Å². The lowest BCUT2D eigenvalue weighted by atomic mass is 9.62. The van der Waals surface area contributed by atoms with Crippen molar-refractivity contribution in [2.75, 3.05) is 0 Å². The molecule has 2 aromatic rings. The number of Topliss-reactive ketones (excluding diaryl/α,β-unsaturated/α-hetero) is 2. The average Bonchev–Trinajstić information content (AvgIpc) is 3.24. The maximum absolute atomic E-state index is 13.9. The average molecular weight is 611 g/mol. The molecule has 44 heavy (non-hydrogen) atoms. The van der Waals surface area contributed by atoms with Crippen molar-refractivity contribution < 1.29 is 68.8 Å². The number of carbonyl (C=O) groups excluding carboxylic acids is 4. The fourth-order valence-corrected chi connectivity index (χ4v) is 8.16. The molecule has 4 fully saturated rings. The third-order valence-corrected chi connectivity index (χ3v) is 10.5. The first-order valence-corrected chi connectivity index (χ1v) is 14.1. The van der Waals surface area contributed by atoms with E-state index in [4.69, 9.17) is 18.9 Å². The van der Waals surface area contributed by atoms with Gasteiger partial charge in [-0.1, -0.05) is 13.8 Å². The van der Waals surface area contributed by atoms with Gasteiger partial charge in [-0.2, -0.15) is 0 Å². The number of hydrogen-bond acceptors (Lipinski definition) is 14. The van der Waals surface area contributed by atoms with E-state index in [2.05, 4.69) is 0 Å². The highest BCUT2D eigenvalue weighted by atomic mass is 16.6. The van der Waals surface area contributed by atoms with Crippen molar-refractivity contribution in [1.29, 1.82) is 0 Å². The molecule has 6 N–H and O–H groups in total. The smallest absolute Gasteiger partial charge is 0.357 e. The fourth-order valence-electron chi connectivity index (χ4n) is 8.16. The highest BCUT2D eigenvalue weighted by Crippen LogP contribution is 2.60. The van der Waals surface area contributed by atoms with Gasteiger partial charge in [0.05, 0.1) is 0 Å². The molecule has 0 radical (unpaired) electrons. The molecule has 6 aliphatic rings. The van der Waals surface area contributed by atoms with Crippen molar-refractivity contribution >= 4 is 23.5 Å². The molecule has 4 aliphatic heterocycles. The van der Waals surface area contributed by atoms with Gasteiger partial charge in [-0.3, -0.25) is 9.59 Å². The first kappa shape index (κ1) is 27.3. The Kier molecular flexibility index (Phi) is 4.89. The van der Waals surface area contributed by atoms with Gasteiger partial charge < -0.3 is 49.6 Å². The van der Waals surface area contributed by atoms with Gasteiger partial charge in [0.2, 0.25) is 22.8 Å². The molecule has 2 saturated carbocycles. The summed E-state index contributed by atoms with van der Waals surface area (Å²) in [4.78, 5) is 53.6. The molecule has 2 saturated heterocycles. The van der Waals surface area contributed by atoms with Crippen LogP contribution in [0.15, 0.2) is 24.3 Å². The molecule has 0 spiro atoms. The Hall–Kier alpha value is -4.24. The number of carbonyl (C=O) groups is 4. The lowest BCUT2D eigenvalue weighted by molar-refractivity contribution is -0.192. The van der Waals surface area contributed by atoms with E-state index < -0.39 is 105 Å². The zero-order valence-electron chi connectivity index (χ0n) is 23.1. The van der Waals surface area contributed by atoms with Gasteiger partial charge in [-0.15, -0.1) is 0 Å². The predicted molar refractivity (Wildman–Crippen MR) is 140 cm³/mol. The summed E-state index contributed by atoms with van der Waals surface area (Å²) in [6.07, 6.45) is -6.09. The Morgan fingerprint density at radius 3 is 1.39 bits per heavy atom. The normalized spacial score (nSPS) is 42.7. The molecule has 14 heteroatoms. The number of phenolic OH excluding ortho intramolecular Hbond substituents is 2. The maximum Gasteiger partial charge on any atom is 0.357 e. The van der Waals surface area contributed by atoms with Crippen LogP contribution < -0.4 is 9.47 Å². The molecule has 4 bridgehead atoms. The minimum atomic E-state index is -2.68. The van der Waals surface area contributed by atoms with Crippen LogP contribution in [-0.4, -0.2) is 101 Å². The number of aliphatic hydroxyl groups is 4. The Morgan fingerprint density at radius 2 is 1.02 bits per heavy atom. The van der Waals surface area contributed by atoms with Crippen molar-refractivity contribution in [3.63, 3.8) is 0 Å².